The van der Waals surface area contributed by atoms with E-state index in [0.29, 0.717) is 12.8 Å². The van der Waals surface area contributed by atoms with Gasteiger partial charge in [0.15, 0.2) is 9.84 Å². The minimum Gasteiger partial charge on any atom is -0.393 e. The SMILES string of the molecule is CCC(O)CCNS(=O)(=O)c1ccc(S(C)(=O)=O)cc1. The van der Waals surface area contributed by atoms with Gasteiger partial charge in [-0.3, -0.25) is 0 Å². The molecule has 0 fully saturated rings. The van der Waals surface area contributed by atoms with Gasteiger partial charge in [-0.15, -0.1) is 0 Å². The van der Waals surface area contributed by atoms with Gasteiger partial charge < -0.3 is 5.11 Å². The fourth-order valence-electron chi connectivity index (χ4n) is 1.51. The summed E-state index contributed by atoms with van der Waals surface area (Å²) in [6.45, 7) is 1.94. The van der Waals surface area contributed by atoms with E-state index in [1.165, 1.54) is 24.3 Å². The number of aliphatic hydroxyl groups is 1. The number of benzene rings is 1. The Morgan fingerprint density at radius 2 is 1.60 bits per heavy atom. The molecule has 1 atom stereocenters. The van der Waals surface area contributed by atoms with Crippen molar-refractivity contribution in [3.05, 3.63) is 24.3 Å². The monoisotopic (exact) mass is 321 g/mol. The van der Waals surface area contributed by atoms with Gasteiger partial charge in [-0.05, 0) is 37.1 Å². The van der Waals surface area contributed by atoms with Gasteiger partial charge in [0.25, 0.3) is 0 Å². The van der Waals surface area contributed by atoms with Crippen LogP contribution in [-0.4, -0.2) is 40.8 Å². The van der Waals surface area contributed by atoms with Gasteiger partial charge in [0.05, 0.1) is 15.9 Å². The highest BCUT2D eigenvalue weighted by atomic mass is 32.2. The zero-order valence-corrected chi connectivity index (χ0v) is 13.0. The molecule has 0 radical (unpaired) electrons. The maximum Gasteiger partial charge on any atom is 0.240 e. The van der Waals surface area contributed by atoms with E-state index in [4.69, 9.17) is 0 Å². The van der Waals surface area contributed by atoms with Crippen molar-refractivity contribution < 1.29 is 21.9 Å². The summed E-state index contributed by atoms with van der Waals surface area (Å²) in [5.41, 5.74) is 0. The van der Waals surface area contributed by atoms with Crippen LogP contribution >= 0.6 is 0 Å². The lowest BCUT2D eigenvalue weighted by Crippen LogP contribution is -2.27. The number of rotatable bonds is 7. The molecule has 1 rings (SSSR count). The number of aliphatic hydroxyl groups excluding tert-OH is 1. The lowest BCUT2D eigenvalue weighted by molar-refractivity contribution is 0.162. The van der Waals surface area contributed by atoms with E-state index >= 15 is 0 Å². The summed E-state index contributed by atoms with van der Waals surface area (Å²) in [7, 11) is -7.03. The van der Waals surface area contributed by atoms with Gasteiger partial charge in [0.1, 0.15) is 0 Å². The van der Waals surface area contributed by atoms with E-state index in [0.717, 1.165) is 6.26 Å². The molecule has 0 heterocycles. The largest absolute Gasteiger partial charge is 0.393 e. The number of hydrogen-bond acceptors (Lipinski definition) is 5. The molecule has 0 amide bonds. The third-order valence-corrected chi connectivity index (χ3v) is 5.41. The van der Waals surface area contributed by atoms with Gasteiger partial charge in [0.2, 0.25) is 10.0 Å². The molecule has 1 aromatic rings. The van der Waals surface area contributed by atoms with Crippen molar-refractivity contribution in [2.24, 2.45) is 0 Å². The normalized spacial score (nSPS) is 14.2. The number of nitrogens with one attached hydrogen (secondary N) is 1. The predicted molar refractivity (Wildman–Crippen MR) is 75.7 cm³/mol. The topological polar surface area (TPSA) is 101 Å². The molecule has 0 bridgehead atoms. The molecule has 2 N–H and O–H groups in total. The Morgan fingerprint density at radius 1 is 1.10 bits per heavy atom. The van der Waals surface area contributed by atoms with Crippen molar-refractivity contribution in [3.63, 3.8) is 0 Å². The maximum absolute atomic E-state index is 11.9. The predicted octanol–water partition coefficient (Wildman–Crippen LogP) is 0.529. The van der Waals surface area contributed by atoms with Gasteiger partial charge in [-0.2, -0.15) is 0 Å². The molecule has 1 aromatic carbocycles. The molecule has 0 aliphatic heterocycles. The minimum absolute atomic E-state index is 0.00381. The molecular weight excluding hydrogens is 302 g/mol. The second kappa shape index (κ2) is 6.66. The second-order valence-electron chi connectivity index (χ2n) is 4.49. The van der Waals surface area contributed by atoms with E-state index < -0.39 is 26.0 Å². The molecule has 114 valence electrons. The van der Waals surface area contributed by atoms with Crippen LogP contribution in [0.1, 0.15) is 19.8 Å². The van der Waals surface area contributed by atoms with Crippen molar-refractivity contribution in [1.29, 1.82) is 0 Å². The van der Waals surface area contributed by atoms with E-state index in [2.05, 4.69) is 4.72 Å². The maximum atomic E-state index is 11.9. The Hall–Kier alpha value is -0.960. The molecule has 8 heteroatoms. The van der Waals surface area contributed by atoms with Crippen LogP contribution < -0.4 is 4.72 Å². The van der Waals surface area contributed by atoms with Gasteiger partial charge in [0, 0.05) is 12.8 Å². The Labute approximate surface area is 119 Å². The first-order chi connectivity index (χ1) is 9.16. The van der Waals surface area contributed by atoms with Gasteiger partial charge in [-0.25, -0.2) is 21.6 Å². The van der Waals surface area contributed by atoms with Crippen LogP contribution in [-0.2, 0) is 19.9 Å². The lowest BCUT2D eigenvalue weighted by Gasteiger charge is -2.10. The Morgan fingerprint density at radius 3 is 2.05 bits per heavy atom. The number of sulfone groups is 1. The van der Waals surface area contributed by atoms with E-state index in [1.54, 1.807) is 0 Å². The minimum atomic E-state index is -3.68. The van der Waals surface area contributed by atoms with Gasteiger partial charge in [-0.1, -0.05) is 6.92 Å². The first-order valence-electron chi connectivity index (χ1n) is 6.14. The first-order valence-corrected chi connectivity index (χ1v) is 9.52. The summed E-state index contributed by atoms with van der Waals surface area (Å²) < 4.78 is 48.8. The molecule has 0 spiro atoms. The van der Waals surface area contributed by atoms with Crippen LogP contribution in [0.5, 0.6) is 0 Å². The lowest BCUT2D eigenvalue weighted by atomic mass is 10.2. The van der Waals surface area contributed by atoms with Crippen LogP contribution in [0.3, 0.4) is 0 Å². The summed E-state index contributed by atoms with van der Waals surface area (Å²) in [6, 6.07) is 5.00. The highest BCUT2D eigenvalue weighted by Gasteiger charge is 2.15. The molecular formula is C12H19NO5S2. The van der Waals surface area contributed by atoms with Crippen molar-refractivity contribution >= 4 is 19.9 Å². The molecule has 0 saturated carbocycles. The summed E-state index contributed by atoms with van der Waals surface area (Å²) in [6.07, 6.45) is 1.41. The Bertz CT molecular complexity index is 635. The van der Waals surface area contributed by atoms with Crippen molar-refractivity contribution in [2.75, 3.05) is 12.8 Å². The van der Waals surface area contributed by atoms with E-state index in [1.807, 2.05) is 6.92 Å². The van der Waals surface area contributed by atoms with Crippen LogP contribution in [0.2, 0.25) is 0 Å². The van der Waals surface area contributed by atoms with Crippen LogP contribution in [0, 0.1) is 0 Å². The fourth-order valence-corrected chi connectivity index (χ4v) is 3.19. The smallest absolute Gasteiger partial charge is 0.240 e. The zero-order valence-electron chi connectivity index (χ0n) is 11.4. The van der Waals surface area contributed by atoms with E-state index in [-0.39, 0.29) is 16.3 Å². The summed E-state index contributed by atoms with van der Waals surface area (Å²) >= 11 is 0. The Kier molecular flexibility index (Phi) is 5.69. The van der Waals surface area contributed by atoms with E-state index in [9.17, 15) is 21.9 Å². The van der Waals surface area contributed by atoms with Crippen molar-refractivity contribution in [3.8, 4) is 0 Å². The van der Waals surface area contributed by atoms with Crippen molar-refractivity contribution in [1.82, 2.24) is 4.72 Å². The van der Waals surface area contributed by atoms with Crippen LogP contribution in [0.15, 0.2) is 34.1 Å². The highest BCUT2D eigenvalue weighted by Crippen LogP contribution is 2.14. The third kappa shape index (κ3) is 4.86. The first kappa shape index (κ1) is 17.1. The molecule has 6 nitrogen and oxygen atoms in total. The molecule has 0 saturated heterocycles. The van der Waals surface area contributed by atoms with Crippen LogP contribution in [0.25, 0.3) is 0 Å². The Balaban J connectivity index is 2.78. The average Bonchev–Trinajstić information content (AvgIpc) is 2.37. The third-order valence-electron chi connectivity index (χ3n) is 2.80. The quantitative estimate of drug-likeness (QED) is 0.763. The number of sulfonamides is 1. The number of hydrogen-bond donors (Lipinski definition) is 2. The van der Waals surface area contributed by atoms with Crippen LogP contribution in [0.4, 0.5) is 0 Å². The van der Waals surface area contributed by atoms with Gasteiger partial charge >= 0.3 is 0 Å². The molecule has 20 heavy (non-hydrogen) atoms. The zero-order chi connectivity index (χ0) is 15.4. The summed E-state index contributed by atoms with van der Waals surface area (Å²) in [5, 5.41) is 9.35. The van der Waals surface area contributed by atoms with Crippen molar-refractivity contribution in [2.45, 2.75) is 35.7 Å². The summed E-state index contributed by atoms with van der Waals surface area (Å²) in [4.78, 5) is 0.0637. The fraction of sp³-hybridized carbons (Fsp3) is 0.500. The second-order valence-corrected chi connectivity index (χ2v) is 8.27. The molecule has 0 aliphatic rings. The highest BCUT2D eigenvalue weighted by molar-refractivity contribution is 7.90. The standard InChI is InChI=1S/C12H19NO5S2/c1-3-10(14)8-9-13-20(17,18)12-6-4-11(5-7-12)19(2,15)16/h4-7,10,13-14H,3,8-9H2,1-2H3. The summed E-state index contributed by atoms with van der Waals surface area (Å²) in [5.74, 6) is 0. The molecule has 0 aliphatic carbocycles. The average molecular weight is 321 g/mol. The molecule has 1 unspecified atom stereocenters. The molecule has 0 aromatic heterocycles.